The molecule has 0 unspecified atom stereocenters. The number of methoxy groups -OCH3 is 1. The molecular formula is C16H15NO2S. The van der Waals surface area contributed by atoms with E-state index in [1.807, 2.05) is 24.3 Å². The van der Waals surface area contributed by atoms with Gasteiger partial charge in [0.15, 0.2) is 5.78 Å². The van der Waals surface area contributed by atoms with Crippen LogP contribution >= 0.6 is 11.8 Å². The molecule has 0 spiro atoms. The number of rotatable bonds is 4. The number of carbonyl (C=O) groups is 1. The van der Waals surface area contributed by atoms with Crippen molar-refractivity contribution in [2.75, 3.05) is 25.2 Å². The maximum Gasteiger partial charge on any atom is 0.178 e. The van der Waals surface area contributed by atoms with E-state index >= 15 is 0 Å². The minimum absolute atomic E-state index is 0.0732. The number of benzene rings is 2. The van der Waals surface area contributed by atoms with Crippen molar-refractivity contribution in [1.29, 1.82) is 0 Å². The lowest BCUT2D eigenvalue weighted by Gasteiger charge is -2.32. The second-order valence-corrected chi connectivity index (χ2v) is 5.68. The van der Waals surface area contributed by atoms with Crippen LogP contribution in [-0.4, -0.2) is 26.0 Å². The molecule has 0 saturated carbocycles. The predicted molar refractivity (Wildman–Crippen MR) is 80.9 cm³/mol. The number of hydrogen-bond acceptors (Lipinski definition) is 4. The molecule has 0 N–H and O–H groups in total. The number of nitrogens with zero attached hydrogens (tertiary/aromatic N) is 1. The lowest BCUT2D eigenvalue weighted by molar-refractivity contribution is -0.121. The zero-order valence-corrected chi connectivity index (χ0v) is 12.0. The van der Waals surface area contributed by atoms with Crippen molar-refractivity contribution in [3.8, 4) is 0 Å². The fraction of sp³-hybridized carbons (Fsp3) is 0.188. The van der Waals surface area contributed by atoms with Gasteiger partial charge in [-0.1, -0.05) is 36.0 Å². The zero-order chi connectivity index (χ0) is 13.9. The van der Waals surface area contributed by atoms with Crippen molar-refractivity contribution in [2.45, 2.75) is 9.79 Å². The summed E-state index contributed by atoms with van der Waals surface area (Å²) in [5.74, 6) is 0.0732. The van der Waals surface area contributed by atoms with Crippen molar-refractivity contribution >= 4 is 28.9 Å². The first-order valence-corrected chi connectivity index (χ1v) is 7.25. The summed E-state index contributed by atoms with van der Waals surface area (Å²) >= 11 is 1.74. The van der Waals surface area contributed by atoms with Gasteiger partial charge in [0.25, 0.3) is 0 Å². The van der Waals surface area contributed by atoms with E-state index in [-0.39, 0.29) is 12.4 Å². The van der Waals surface area contributed by atoms with Crippen molar-refractivity contribution in [3.63, 3.8) is 0 Å². The summed E-state index contributed by atoms with van der Waals surface area (Å²) in [7, 11) is 1.55. The Morgan fingerprint density at radius 3 is 2.15 bits per heavy atom. The van der Waals surface area contributed by atoms with Crippen molar-refractivity contribution in [2.24, 2.45) is 0 Å². The van der Waals surface area contributed by atoms with Gasteiger partial charge in [0, 0.05) is 16.9 Å². The Balaban J connectivity index is 2.01. The lowest BCUT2D eigenvalue weighted by atomic mass is 10.2. The van der Waals surface area contributed by atoms with E-state index in [2.05, 4.69) is 29.2 Å². The number of hydrogen-bond donors (Lipinski definition) is 0. The summed E-state index contributed by atoms with van der Waals surface area (Å²) in [4.78, 5) is 16.4. The van der Waals surface area contributed by atoms with E-state index < -0.39 is 0 Å². The Kier molecular flexibility index (Phi) is 3.76. The minimum Gasteiger partial charge on any atom is -0.377 e. The predicted octanol–water partition coefficient (Wildman–Crippen LogP) is 3.50. The smallest absolute Gasteiger partial charge is 0.178 e. The van der Waals surface area contributed by atoms with Crippen LogP contribution < -0.4 is 4.90 Å². The Morgan fingerprint density at radius 1 is 1.05 bits per heavy atom. The molecule has 0 radical (unpaired) electrons. The van der Waals surface area contributed by atoms with Gasteiger partial charge in [-0.15, -0.1) is 0 Å². The molecule has 4 heteroatoms. The van der Waals surface area contributed by atoms with Crippen LogP contribution in [0, 0.1) is 0 Å². The quantitative estimate of drug-likeness (QED) is 0.860. The molecule has 1 aliphatic rings. The molecule has 20 heavy (non-hydrogen) atoms. The van der Waals surface area contributed by atoms with Gasteiger partial charge in [-0.05, 0) is 24.3 Å². The molecule has 0 atom stereocenters. The summed E-state index contributed by atoms with van der Waals surface area (Å²) in [6, 6.07) is 16.3. The molecule has 1 aliphatic heterocycles. The molecule has 2 aromatic rings. The van der Waals surface area contributed by atoms with E-state index in [9.17, 15) is 4.79 Å². The van der Waals surface area contributed by atoms with Crippen LogP contribution in [0.1, 0.15) is 0 Å². The van der Waals surface area contributed by atoms with Gasteiger partial charge >= 0.3 is 0 Å². The van der Waals surface area contributed by atoms with Gasteiger partial charge in [0.1, 0.15) is 6.61 Å². The molecule has 0 aliphatic carbocycles. The number of fused-ring (bicyclic) bond motifs is 2. The SMILES string of the molecule is COCC(=O)CN1c2ccccc2Sc2ccccc21. The normalized spacial score (nSPS) is 12.8. The van der Waals surface area contributed by atoms with Crippen molar-refractivity contribution in [3.05, 3.63) is 48.5 Å². The zero-order valence-electron chi connectivity index (χ0n) is 11.2. The van der Waals surface area contributed by atoms with E-state index in [0.29, 0.717) is 6.54 Å². The molecule has 0 aromatic heterocycles. The second-order valence-electron chi connectivity index (χ2n) is 4.60. The Hall–Kier alpha value is -1.78. The summed E-state index contributed by atoms with van der Waals surface area (Å²) in [6.45, 7) is 0.483. The van der Waals surface area contributed by atoms with Gasteiger partial charge in [0.2, 0.25) is 0 Å². The molecule has 2 aromatic carbocycles. The molecule has 3 nitrogen and oxygen atoms in total. The Bertz CT molecular complexity index is 596. The number of anilines is 2. The third kappa shape index (κ3) is 2.44. The average Bonchev–Trinajstić information content (AvgIpc) is 2.47. The number of ether oxygens (including phenoxy) is 1. The fourth-order valence-corrected chi connectivity index (χ4v) is 3.43. The fourth-order valence-electron chi connectivity index (χ4n) is 2.33. The number of Topliss-reactive ketones (excluding diaryl/α,β-unsaturated/α-hetero) is 1. The van der Waals surface area contributed by atoms with Crippen LogP contribution in [0.3, 0.4) is 0 Å². The highest BCUT2D eigenvalue weighted by Crippen LogP contribution is 2.47. The summed E-state index contributed by atoms with van der Waals surface area (Å²) in [5, 5.41) is 0. The molecule has 0 saturated heterocycles. The first kappa shape index (κ1) is 13.2. The summed E-state index contributed by atoms with van der Waals surface area (Å²) in [6.07, 6.45) is 0. The van der Waals surface area contributed by atoms with Crippen LogP contribution in [0.25, 0.3) is 0 Å². The largest absolute Gasteiger partial charge is 0.377 e. The third-order valence-electron chi connectivity index (χ3n) is 3.17. The molecule has 0 amide bonds. The topological polar surface area (TPSA) is 29.5 Å². The van der Waals surface area contributed by atoms with Crippen molar-refractivity contribution < 1.29 is 9.53 Å². The van der Waals surface area contributed by atoms with Gasteiger partial charge in [-0.2, -0.15) is 0 Å². The molecule has 0 bridgehead atoms. The highest BCUT2D eigenvalue weighted by atomic mass is 32.2. The van der Waals surface area contributed by atoms with Gasteiger partial charge in [-0.25, -0.2) is 0 Å². The van der Waals surface area contributed by atoms with E-state index in [0.717, 1.165) is 11.4 Å². The highest BCUT2D eigenvalue weighted by Gasteiger charge is 2.24. The number of ketones is 1. The molecule has 1 heterocycles. The van der Waals surface area contributed by atoms with Gasteiger partial charge in [0.05, 0.1) is 17.9 Å². The van der Waals surface area contributed by atoms with Gasteiger partial charge < -0.3 is 9.64 Å². The monoisotopic (exact) mass is 285 g/mol. The van der Waals surface area contributed by atoms with Gasteiger partial charge in [-0.3, -0.25) is 4.79 Å². The van der Waals surface area contributed by atoms with Crippen LogP contribution in [0.15, 0.2) is 58.3 Å². The molecule has 3 rings (SSSR count). The molecule has 0 fully saturated rings. The van der Waals surface area contributed by atoms with Crippen LogP contribution in [0.4, 0.5) is 11.4 Å². The summed E-state index contributed by atoms with van der Waals surface area (Å²) in [5.41, 5.74) is 2.17. The van der Waals surface area contributed by atoms with Crippen LogP contribution in [-0.2, 0) is 9.53 Å². The number of carbonyl (C=O) groups excluding carboxylic acids is 1. The highest BCUT2D eigenvalue weighted by molar-refractivity contribution is 7.99. The first-order valence-electron chi connectivity index (χ1n) is 6.43. The van der Waals surface area contributed by atoms with Crippen LogP contribution in [0.5, 0.6) is 0 Å². The average molecular weight is 285 g/mol. The Morgan fingerprint density at radius 2 is 1.60 bits per heavy atom. The maximum atomic E-state index is 12.0. The standard InChI is InChI=1S/C16H15NO2S/c1-19-11-12(18)10-17-13-6-2-4-8-15(13)20-16-9-5-3-7-14(16)17/h2-9H,10-11H2,1H3. The minimum atomic E-state index is 0.0732. The first-order chi connectivity index (χ1) is 9.79. The van der Waals surface area contributed by atoms with Crippen LogP contribution in [0.2, 0.25) is 0 Å². The lowest BCUT2D eigenvalue weighted by Crippen LogP contribution is -2.29. The molecule has 102 valence electrons. The maximum absolute atomic E-state index is 12.0. The second kappa shape index (κ2) is 5.69. The molecular weight excluding hydrogens is 270 g/mol. The summed E-state index contributed by atoms with van der Waals surface area (Å²) < 4.78 is 4.94. The third-order valence-corrected chi connectivity index (χ3v) is 4.30. The van der Waals surface area contributed by atoms with E-state index in [1.54, 1.807) is 18.9 Å². The number of para-hydroxylation sites is 2. The Labute approximate surface area is 122 Å². The van der Waals surface area contributed by atoms with Crippen molar-refractivity contribution in [1.82, 2.24) is 0 Å². The van der Waals surface area contributed by atoms with E-state index in [4.69, 9.17) is 4.74 Å². The van der Waals surface area contributed by atoms with E-state index in [1.165, 1.54) is 9.79 Å².